The van der Waals surface area contributed by atoms with Gasteiger partial charge in [-0.2, -0.15) is 5.10 Å². The molecule has 0 saturated carbocycles. The third-order valence-corrected chi connectivity index (χ3v) is 4.58. The lowest BCUT2D eigenvalue weighted by Gasteiger charge is -2.26. The van der Waals surface area contributed by atoms with Gasteiger partial charge in [-0.1, -0.05) is 12.1 Å². The van der Waals surface area contributed by atoms with Gasteiger partial charge in [0.2, 0.25) is 0 Å². The van der Waals surface area contributed by atoms with E-state index < -0.39 is 0 Å². The molecular weight excluding hydrogens is 358 g/mol. The lowest BCUT2D eigenvalue weighted by molar-refractivity contribution is 0.0760. The first-order valence-electron chi connectivity index (χ1n) is 9.36. The van der Waals surface area contributed by atoms with Gasteiger partial charge in [-0.05, 0) is 36.8 Å². The number of aromatic nitrogens is 2. The lowest BCUT2D eigenvalue weighted by atomic mass is 10.1. The van der Waals surface area contributed by atoms with Crippen LogP contribution in [0, 0.1) is 0 Å². The van der Waals surface area contributed by atoms with Crippen LogP contribution in [0.3, 0.4) is 0 Å². The van der Waals surface area contributed by atoms with Gasteiger partial charge in [0.05, 0.1) is 12.1 Å². The Balaban J connectivity index is 1.41. The highest BCUT2D eigenvalue weighted by Gasteiger charge is 2.21. The molecule has 7 nitrogen and oxygen atoms in total. The molecule has 1 amide bonds. The van der Waals surface area contributed by atoms with Crippen LogP contribution >= 0.6 is 0 Å². The van der Waals surface area contributed by atoms with Crippen LogP contribution in [0.5, 0.6) is 11.5 Å². The van der Waals surface area contributed by atoms with Crippen molar-refractivity contribution < 1.29 is 19.0 Å². The number of carbonyl (C=O) groups is 1. The molecule has 1 atom stereocenters. The first kappa shape index (κ1) is 18.3. The number of hydrogen-bond acceptors (Lipinski definition) is 5. The monoisotopic (exact) mass is 381 g/mol. The van der Waals surface area contributed by atoms with Crippen LogP contribution in [-0.2, 0) is 11.3 Å². The number of benzene rings is 2. The number of nitrogens with one attached hydrogen (secondary N) is 1. The third-order valence-electron chi connectivity index (χ3n) is 4.58. The Hall–Kier alpha value is -3.06. The number of ether oxygens (including phenoxy) is 3. The van der Waals surface area contributed by atoms with E-state index in [-0.39, 0.29) is 12.0 Å². The van der Waals surface area contributed by atoms with Crippen LogP contribution in [0.2, 0.25) is 0 Å². The fourth-order valence-corrected chi connectivity index (χ4v) is 3.19. The van der Waals surface area contributed by atoms with E-state index in [1.54, 1.807) is 13.2 Å². The summed E-state index contributed by atoms with van der Waals surface area (Å²) in [6.07, 6.45) is 2.60. The molecule has 0 spiro atoms. The lowest BCUT2D eigenvalue weighted by Crippen LogP contribution is -2.33. The molecule has 3 aromatic rings. The Morgan fingerprint density at radius 1 is 1.29 bits per heavy atom. The summed E-state index contributed by atoms with van der Waals surface area (Å²) in [5, 5.41) is 8.40. The van der Waals surface area contributed by atoms with Gasteiger partial charge in [-0.15, -0.1) is 0 Å². The molecular formula is C21H23N3O4. The van der Waals surface area contributed by atoms with E-state index in [2.05, 4.69) is 10.4 Å². The standard InChI is InChI=1S/C21H23N3O4/c1-26-10-4-9-22-21(25)15-7-8-18-16(11-15)12-24(23-18)13-17-14-27-19-5-2-3-6-20(19)28-17/h2-3,5-8,11-12,17H,4,9-10,13-14H2,1H3,(H,22,25). The van der Waals surface area contributed by atoms with E-state index in [0.717, 1.165) is 28.8 Å². The van der Waals surface area contributed by atoms with E-state index in [1.165, 1.54) is 0 Å². The van der Waals surface area contributed by atoms with Crippen molar-refractivity contribution in [3.8, 4) is 11.5 Å². The SMILES string of the molecule is COCCCNC(=O)c1ccc2nn(CC3COc4ccccc4O3)cc2c1. The summed E-state index contributed by atoms with van der Waals surface area (Å²) < 4.78 is 18.6. The summed E-state index contributed by atoms with van der Waals surface area (Å²) in [7, 11) is 1.65. The predicted octanol–water partition coefficient (Wildman–Crippen LogP) is 2.64. The number of methoxy groups -OCH3 is 1. The molecule has 1 aliphatic rings. The second-order valence-corrected chi connectivity index (χ2v) is 6.72. The molecule has 0 aliphatic carbocycles. The second-order valence-electron chi connectivity index (χ2n) is 6.72. The van der Waals surface area contributed by atoms with Crippen molar-refractivity contribution in [2.24, 2.45) is 0 Å². The summed E-state index contributed by atoms with van der Waals surface area (Å²) in [5.74, 6) is 1.43. The van der Waals surface area contributed by atoms with Crippen molar-refractivity contribution in [2.45, 2.75) is 19.1 Å². The Morgan fingerprint density at radius 2 is 2.14 bits per heavy atom. The second kappa shape index (κ2) is 8.31. The quantitative estimate of drug-likeness (QED) is 0.637. The molecule has 1 aromatic heterocycles. The minimum absolute atomic E-state index is 0.0913. The van der Waals surface area contributed by atoms with Crippen LogP contribution < -0.4 is 14.8 Å². The molecule has 2 heterocycles. The van der Waals surface area contributed by atoms with E-state index in [9.17, 15) is 4.79 Å². The van der Waals surface area contributed by atoms with Gasteiger partial charge in [-0.3, -0.25) is 9.48 Å². The average Bonchev–Trinajstić information content (AvgIpc) is 3.12. The van der Waals surface area contributed by atoms with Crippen molar-refractivity contribution in [3.05, 3.63) is 54.2 Å². The Labute approximate surface area is 163 Å². The minimum atomic E-state index is -0.118. The number of carbonyl (C=O) groups excluding carboxylic acids is 1. The molecule has 0 radical (unpaired) electrons. The largest absolute Gasteiger partial charge is 0.486 e. The zero-order chi connectivity index (χ0) is 19.3. The van der Waals surface area contributed by atoms with Crippen molar-refractivity contribution in [1.29, 1.82) is 0 Å². The van der Waals surface area contributed by atoms with Crippen LogP contribution in [0.15, 0.2) is 48.7 Å². The average molecular weight is 381 g/mol. The van der Waals surface area contributed by atoms with Crippen molar-refractivity contribution >= 4 is 16.8 Å². The molecule has 2 aromatic carbocycles. The predicted molar refractivity (Wildman–Crippen MR) is 105 cm³/mol. The van der Waals surface area contributed by atoms with Crippen molar-refractivity contribution in [1.82, 2.24) is 15.1 Å². The molecule has 0 fully saturated rings. The Bertz CT molecular complexity index is 969. The number of nitrogens with zero attached hydrogens (tertiary/aromatic N) is 2. The molecule has 1 N–H and O–H groups in total. The zero-order valence-electron chi connectivity index (χ0n) is 15.8. The minimum Gasteiger partial charge on any atom is -0.486 e. The van der Waals surface area contributed by atoms with E-state index in [4.69, 9.17) is 14.2 Å². The van der Waals surface area contributed by atoms with E-state index in [0.29, 0.717) is 31.9 Å². The van der Waals surface area contributed by atoms with Crippen LogP contribution in [0.4, 0.5) is 0 Å². The maximum Gasteiger partial charge on any atom is 0.251 e. The van der Waals surface area contributed by atoms with Crippen LogP contribution in [0.25, 0.3) is 10.9 Å². The smallest absolute Gasteiger partial charge is 0.251 e. The fraction of sp³-hybridized carbons (Fsp3) is 0.333. The number of fused-ring (bicyclic) bond motifs is 2. The van der Waals surface area contributed by atoms with Gasteiger partial charge in [0, 0.05) is 37.4 Å². The summed E-state index contributed by atoms with van der Waals surface area (Å²) in [4.78, 5) is 12.3. The van der Waals surface area contributed by atoms with E-state index >= 15 is 0 Å². The van der Waals surface area contributed by atoms with Crippen LogP contribution in [-0.4, -0.2) is 48.7 Å². The van der Waals surface area contributed by atoms with Gasteiger partial charge in [0.25, 0.3) is 5.91 Å². The van der Waals surface area contributed by atoms with Gasteiger partial charge in [0.15, 0.2) is 17.6 Å². The molecule has 146 valence electrons. The molecule has 28 heavy (non-hydrogen) atoms. The number of hydrogen-bond donors (Lipinski definition) is 1. The molecule has 7 heteroatoms. The number of para-hydroxylation sites is 2. The zero-order valence-corrected chi connectivity index (χ0v) is 15.8. The summed E-state index contributed by atoms with van der Waals surface area (Å²) in [6.45, 7) is 2.26. The van der Waals surface area contributed by atoms with Gasteiger partial charge in [-0.25, -0.2) is 0 Å². The molecule has 1 unspecified atom stereocenters. The Morgan fingerprint density at radius 3 is 3.00 bits per heavy atom. The summed E-state index contributed by atoms with van der Waals surface area (Å²) in [6, 6.07) is 13.2. The van der Waals surface area contributed by atoms with Gasteiger partial charge in [0.1, 0.15) is 6.61 Å². The highest BCUT2D eigenvalue weighted by molar-refractivity contribution is 5.97. The third kappa shape index (κ3) is 4.09. The summed E-state index contributed by atoms with van der Waals surface area (Å²) in [5.41, 5.74) is 1.46. The number of rotatable bonds is 7. The van der Waals surface area contributed by atoms with E-state index in [1.807, 2.05) is 47.3 Å². The van der Waals surface area contributed by atoms with Crippen molar-refractivity contribution in [2.75, 3.05) is 26.9 Å². The highest BCUT2D eigenvalue weighted by Crippen LogP contribution is 2.31. The maximum absolute atomic E-state index is 12.3. The fourth-order valence-electron chi connectivity index (χ4n) is 3.19. The molecule has 1 aliphatic heterocycles. The summed E-state index contributed by atoms with van der Waals surface area (Å²) >= 11 is 0. The number of amides is 1. The Kier molecular flexibility index (Phi) is 5.43. The highest BCUT2D eigenvalue weighted by atomic mass is 16.6. The molecule has 4 rings (SSSR count). The normalized spacial score (nSPS) is 15.5. The molecule has 0 saturated heterocycles. The van der Waals surface area contributed by atoms with Gasteiger partial charge < -0.3 is 19.5 Å². The topological polar surface area (TPSA) is 74.6 Å². The van der Waals surface area contributed by atoms with Gasteiger partial charge >= 0.3 is 0 Å². The van der Waals surface area contributed by atoms with Crippen LogP contribution in [0.1, 0.15) is 16.8 Å². The first-order chi connectivity index (χ1) is 13.7. The van der Waals surface area contributed by atoms with Crippen molar-refractivity contribution in [3.63, 3.8) is 0 Å². The first-order valence-corrected chi connectivity index (χ1v) is 9.36. The maximum atomic E-state index is 12.3. The molecule has 0 bridgehead atoms.